The van der Waals surface area contributed by atoms with Crippen LogP contribution in [0.1, 0.15) is 52.0 Å². The fourth-order valence-electron chi connectivity index (χ4n) is 5.25. The standard InChI is InChI=1S/C24H36N2O4/c1-22(2,3)30-21(28)26-17-23(19(16-29-6)20(26)27)12-14-24(15-13-23,25(4)5)18-10-8-7-9-11-18/h7-11,19H,12-17H2,1-6H3/t19?,23-,24-. The van der Waals surface area contributed by atoms with Crippen LogP contribution in [0, 0.1) is 11.3 Å². The van der Waals surface area contributed by atoms with Gasteiger partial charge >= 0.3 is 6.09 Å². The second-order valence-electron chi connectivity index (χ2n) is 10.1. The Morgan fingerprint density at radius 1 is 1.13 bits per heavy atom. The summed E-state index contributed by atoms with van der Waals surface area (Å²) < 4.78 is 10.9. The van der Waals surface area contributed by atoms with Crippen molar-refractivity contribution >= 4 is 12.0 Å². The molecule has 3 rings (SSSR count). The van der Waals surface area contributed by atoms with E-state index in [9.17, 15) is 9.59 Å². The molecule has 0 N–H and O–H groups in total. The minimum Gasteiger partial charge on any atom is -0.443 e. The van der Waals surface area contributed by atoms with Crippen LogP contribution in [-0.4, -0.2) is 61.8 Å². The summed E-state index contributed by atoms with van der Waals surface area (Å²) in [5.74, 6) is -0.478. The van der Waals surface area contributed by atoms with Gasteiger partial charge in [-0.2, -0.15) is 0 Å². The normalized spacial score (nSPS) is 29.6. The molecule has 0 bridgehead atoms. The van der Waals surface area contributed by atoms with Gasteiger partial charge in [-0.3, -0.25) is 9.69 Å². The van der Waals surface area contributed by atoms with Gasteiger partial charge < -0.3 is 9.47 Å². The molecule has 30 heavy (non-hydrogen) atoms. The topological polar surface area (TPSA) is 59.1 Å². The lowest BCUT2D eigenvalue weighted by Crippen LogP contribution is -2.49. The van der Waals surface area contributed by atoms with Gasteiger partial charge in [0, 0.05) is 24.6 Å². The number of carbonyl (C=O) groups is 2. The molecule has 1 atom stereocenters. The third-order valence-corrected chi connectivity index (χ3v) is 6.96. The Hall–Kier alpha value is -1.92. The van der Waals surface area contributed by atoms with Crippen LogP contribution in [0.15, 0.2) is 30.3 Å². The molecule has 2 fully saturated rings. The maximum atomic E-state index is 13.2. The molecule has 2 aliphatic rings. The number of rotatable bonds is 4. The van der Waals surface area contributed by atoms with E-state index in [1.807, 2.05) is 26.8 Å². The minimum atomic E-state index is -0.635. The van der Waals surface area contributed by atoms with E-state index in [0.29, 0.717) is 13.2 Å². The Labute approximate surface area is 180 Å². The van der Waals surface area contributed by atoms with Crippen LogP contribution in [-0.2, 0) is 19.8 Å². The number of hydrogen-bond donors (Lipinski definition) is 0. The number of benzene rings is 1. The van der Waals surface area contributed by atoms with Gasteiger partial charge in [0.25, 0.3) is 0 Å². The van der Waals surface area contributed by atoms with Gasteiger partial charge in [-0.1, -0.05) is 30.3 Å². The molecule has 1 aliphatic heterocycles. The molecule has 6 heteroatoms. The summed E-state index contributed by atoms with van der Waals surface area (Å²) in [6.07, 6.45) is 3.04. The van der Waals surface area contributed by atoms with E-state index >= 15 is 0 Å². The van der Waals surface area contributed by atoms with E-state index in [1.165, 1.54) is 10.5 Å². The molecular formula is C24H36N2O4. The van der Waals surface area contributed by atoms with Crippen LogP contribution in [0.25, 0.3) is 0 Å². The van der Waals surface area contributed by atoms with Crippen molar-refractivity contribution in [1.29, 1.82) is 0 Å². The van der Waals surface area contributed by atoms with Gasteiger partial charge in [0.05, 0.1) is 12.5 Å². The number of hydrogen-bond acceptors (Lipinski definition) is 5. The summed E-state index contributed by atoms with van der Waals surface area (Å²) in [7, 11) is 5.88. The van der Waals surface area contributed by atoms with Crippen molar-refractivity contribution in [3.63, 3.8) is 0 Å². The fraction of sp³-hybridized carbons (Fsp3) is 0.667. The largest absolute Gasteiger partial charge is 0.443 e. The molecule has 6 nitrogen and oxygen atoms in total. The number of nitrogens with zero attached hydrogens (tertiary/aromatic N) is 2. The first-order valence-electron chi connectivity index (χ1n) is 10.8. The maximum Gasteiger partial charge on any atom is 0.417 e. The first kappa shape index (κ1) is 22.8. The molecule has 1 aromatic carbocycles. The third kappa shape index (κ3) is 4.12. The zero-order valence-electron chi connectivity index (χ0n) is 19.2. The van der Waals surface area contributed by atoms with Crippen molar-refractivity contribution in [2.75, 3.05) is 34.4 Å². The summed E-state index contributed by atoms with van der Waals surface area (Å²) in [4.78, 5) is 29.6. The van der Waals surface area contributed by atoms with Gasteiger partial charge in [0.15, 0.2) is 0 Å². The Kier molecular flexibility index (Phi) is 6.30. The predicted octanol–water partition coefficient (Wildman–Crippen LogP) is 4.04. The Bertz CT molecular complexity index is 761. The number of methoxy groups -OCH3 is 1. The molecule has 1 heterocycles. The van der Waals surface area contributed by atoms with Crippen molar-refractivity contribution in [1.82, 2.24) is 9.80 Å². The van der Waals surface area contributed by atoms with Crippen molar-refractivity contribution in [2.45, 2.75) is 57.6 Å². The SMILES string of the molecule is COCC1C(=O)N(C(=O)OC(C)(C)C)C[C@]12CC[C@@](c1ccccc1)(N(C)C)CC2. The van der Waals surface area contributed by atoms with Crippen molar-refractivity contribution in [3.05, 3.63) is 35.9 Å². The van der Waals surface area contributed by atoms with Crippen molar-refractivity contribution in [2.24, 2.45) is 11.3 Å². The van der Waals surface area contributed by atoms with E-state index in [1.54, 1.807) is 7.11 Å². The molecular weight excluding hydrogens is 380 g/mol. The van der Waals surface area contributed by atoms with Crippen LogP contribution in [0.4, 0.5) is 4.79 Å². The minimum absolute atomic E-state index is 0.0630. The number of amides is 2. The molecule has 0 radical (unpaired) electrons. The van der Waals surface area contributed by atoms with Crippen LogP contribution in [0.5, 0.6) is 0 Å². The zero-order valence-corrected chi connectivity index (χ0v) is 19.2. The number of imide groups is 1. The summed E-state index contributed by atoms with van der Waals surface area (Å²) in [6, 6.07) is 10.6. The Morgan fingerprint density at radius 2 is 1.73 bits per heavy atom. The van der Waals surface area contributed by atoms with Gasteiger partial charge in [-0.25, -0.2) is 9.69 Å². The lowest BCUT2D eigenvalue weighted by Gasteiger charge is -2.50. The van der Waals surface area contributed by atoms with Crippen molar-refractivity contribution < 1.29 is 19.1 Å². The number of ether oxygens (including phenoxy) is 2. The summed E-state index contributed by atoms with van der Waals surface area (Å²) in [6.45, 7) is 6.20. The van der Waals surface area contributed by atoms with E-state index in [2.05, 4.69) is 43.3 Å². The van der Waals surface area contributed by atoms with Gasteiger partial charge in [-0.05, 0) is 66.1 Å². The van der Waals surface area contributed by atoms with Gasteiger partial charge in [0.1, 0.15) is 5.60 Å². The second-order valence-corrected chi connectivity index (χ2v) is 10.1. The molecule has 166 valence electrons. The third-order valence-electron chi connectivity index (χ3n) is 6.96. The van der Waals surface area contributed by atoms with Gasteiger partial charge in [-0.15, -0.1) is 0 Å². The second kappa shape index (κ2) is 8.31. The summed E-state index contributed by atoms with van der Waals surface area (Å²) >= 11 is 0. The Morgan fingerprint density at radius 3 is 2.23 bits per heavy atom. The average Bonchev–Trinajstić information content (AvgIpc) is 2.95. The quantitative estimate of drug-likeness (QED) is 0.741. The van der Waals surface area contributed by atoms with Crippen LogP contribution < -0.4 is 0 Å². The highest BCUT2D eigenvalue weighted by Crippen LogP contribution is 2.54. The van der Waals surface area contributed by atoms with E-state index < -0.39 is 11.7 Å². The van der Waals surface area contributed by atoms with Crippen LogP contribution in [0.3, 0.4) is 0 Å². The summed E-state index contributed by atoms with van der Waals surface area (Å²) in [5, 5.41) is 0. The van der Waals surface area contributed by atoms with E-state index in [-0.39, 0.29) is 22.8 Å². The monoisotopic (exact) mass is 416 g/mol. The molecule has 1 saturated heterocycles. The lowest BCUT2D eigenvalue weighted by molar-refractivity contribution is -0.133. The first-order valence-corrected chi connectivity index (χ1v) is 10.8. The molecule has 1 aromatic rings. The highest BCUT2D eigenvalue weighted by Gasteiger charge is 2.57. The van der Waals surface area contributed by atoms with E-state index in [0.717, 1.165) is 25.7 Å². The van der Waals surface area contributed by atoms with Crippen molar-refractivity contribution in [3.8, 4) is 0 Å². The highest BCUT2D eigenvalue weighted by molar-refractivity contribution is 5.96. The fourth-order valence-corrected chi connectivity index (χ4v) is 5.25. The maximum absolute atomic E-state index is 13.2. The molecule has 1 aliphatic carbocycles. The van der Waals surface area contributed by atoms with Crippen LogP contribution >= 0.6 is 0 Å². The first-order chi connectivity index (χ1) is 14.0. The molecule has 0 aromatic heterocycles. The van der Waals surface area contributed by atoms with Crippen LogP contribution in [0.2, 0.25) is 0 Å². The molecule has 2 amide bonds. The average molecular weight is 417 g/mol. The number of carbonyl (C=O) groups excluding carboxylic acids is 2. The zero-order chi connectivity index (χ0) is 22.2. The molecule has 1 spiro atoms. The number of likely N-dealkylation sites (tertiary alicyclic amines) is 1. The molecule has 1 unspecified atom stereocenters. The highest BCUT2D eigenvalue weighted by atomic mass is 16.6. The van der Waals surface area contributed by atoms with Gasteiger partial charge in [0.2, 0.25) is 5.91 Å². The van der Waals surface area contributed by atoms with E-state index in [4.69, 9.17) is 9.47 Å². The smallest absolute Gasteiger partial charge is 0.417 e. The lowest BCUT2D eigenvalue weighted by atomic mass is 9.61. The predicted molar refractivity (Wildman–Crippen MR) is 116 cm³/mol. The Balaban J connectivity index is 1.86. The summed E-state index contributed by atoms with van der Waals surface area (Å²) in [5.41, 5.74) is 0.343. The molecule has 1 saturated carbocycles.